The van der Waals surface area contributed by atoms with E-state index in [1.54, 1.807) is 36.1 Å². The van der Waals surface area contributed by atoms with Crippen LogP contribution < -0.4 is 0 Å². The summed E-state index contributed by atoms with van der Waals surface area (Å²) in [7, 11) is 0. The van der Waals surface area contributed by atoms with Crippen LogP contribution in [0.25, 0.3) is 0 Å². The molecule has 0 bridgehead atoms. The maximum absolute atomic E-state index is 13.2. The number of allylic oxidation sites excluding steroid dienone is 1. The van der Waals surface area contributed by atoms with Crippen LogP contribution in [0.15, 0.2) is 72.5 Å². The zero-order valence-corrected chi connectivity index (χ0v) is 16.8. The molecule has 0 saturated carbocycles. The Morgan fingerprint density at radius 3 is 2.52 bits per heavy atom. The summed E-state index contributed by atoms with van der Waals surface area (Å²) in [5.41, 5.74) is 2.53. The molecule has 1 atom stereocenters. The Bertz CT molecular complexity index is 951. The summed E-state index contributed by atoms with van der Waals surface area (Å²) in [4.78, 5) is 27.3. The van der Waals surface area contributed by atoms with E-state index in [1.807, 2.05) is 12.1 Å². The Morgan fingerprint density at radius 1 is 1.24 bits per heavy atom. The van der Waals surface area contributed by atoms with Crippen molar-refractivity contribution in [3.63, 3.8) is 0 Å². The average molecular weight is 414 g/mol. The predicted molar refractivity (Wildman–Crippen MR) is 110 cm³/mol. The fourth-order valence-corrected chi connectivity index (χ4v) is 3.56. The maximum atomic E-state index is 13.2. The number of hydrogen-bond donors (Lipinski definition) is 0. The minimum atomic E-state index is -0.487. The molecule has 0 radical (unpaired) electrons. The standard InChI is InChI=1S/C23H21ClFNO3/c1-3-12-29-23(28)22-15(2)26(14-16-4-10-19(25)11-5-16)21(27)13-20(22)17-6-8-18(24)9-7-17/h3-11,20H,1,12-14H2,2H3. The summed E-state index contributed by atoms with van der Waals surface area (Å²) in [6.07, 6.45) is 1.62. The highest BCUT2D eigenvalue weighted by Gasteiger charge is 2.36. The number of carbonyl (C=O) groups is 2. The number of halogens is 2. The number of ether oxygens (including phenoxy) is 1. The highest BCUT2D eigenvalue weighted by Crippen LogP contribution is 2.38. The van der Waals surface area contributed by atoms with Crippen LogP contribution in [0.5, 0.6) is 0 Å². The number of nitrogens with zero attached hydrogens (tertiary/aromatic N) is 1. The first kappa shape index (κ1) is 20.8. The summed E-state index contributed by atoms with van der Waals surface area (Å²) in [6.45, 7) is 5.63. The van der Waals surface area contributed by atoms with Gasteiger partial charge in [-0.05, 0) is 42.3 Å². The van der Waals surface area contributed by atoms with Crippen molar-refractivity contribution in [3.05, 3.63) is 94.4 Å². The van der Waals surface area contributed by atoms with E-state index in [-0.39, 0.29) is 31.3 Å². The van der Waals surface area contributed by atoms with Gasteiger partial charge in [-0.3, -0.25) is 4.79 Å². The minimum Gasteiger partial charge on any atom is -0.458 e. The van der Waals surface area contributed by atoms with Gasteiger partial charge in [-0.25, -0.2) is 9.18 Å². The Labute approximate surface area is 174 Å². The zero-order chi connectivity index (χ0) is 21.0. The lowest BCUT2D eigenvalue weighted by Crippen LogP contribution is -2.38. The van der Waals surface area contributed by atoms with Gasteiger partial charge in [0.1, 0.15) is 12.4 Å². The number of esters is 1. The Morgan fingerprint density at radius 2 is 1.90 bits per heavy atom. The molecule has 6 heteroatoms. The zero-order valence-electron chi connectivity index (χ0n) is 16.0. The SMILES string of the molecule is C=CCOC(=O)C1=C(C)N(Cc2ccc(F)cc2)C(=O)CC1c1ccc(Cl)cc1. The Hall–Kier alpha value is -2.92. The summed E-state index contributed by atoms with van der Waals surface area (Å²) in [5, 5.41) is 0.574. The fraction of sp³-hybridized carbons (Fsp3) is 0.217. The number of benzene rings is 2. The van der Waals surface area contributed by atoms with Gasteiger partial charge in [-0.2, -0.15) is 0 Å². The van der Waals surface area contributed by atoms with Crippen LogP contribution in [0.3, 0.4) is 0 Å². The second kappa shape index (κ2) is 9.05. The molecule has 2 aromatic carbocycles. The summed E-state index contributed by atoms with van der Waals surface area (Å²) in [5.74, 6) is -1.38. The van der Waals surface area contributed by atoms with Crippen LogP contribution in [-0.4, -0.2) is 23.4 Å². The second-order valence-corrected chi connectivity index (χ2v) is 7.24. The molecule has 1 amide bonds. The van der Waals surface area contributed by atoms with Gasteiger partial charge in [-0.15, -0.1) is 0 Å². The van der Waals surface area contributed by atoms with Gasteiger partial charge in [0.05, 0.1) is 12.1 Å². The molecule has 2 aromatic rings. The molecule has 1 aliphatic heterocycles. The molecule has 150 valence electrons. The van der Waals surface area contributed by atoms with Crippen LogP contribution in [0.2, 0.25) is 5.02 Å². The van der Waals surface area contributed by atoms with Crippen molar-refractivity contribution in [2.24, 2.45) is 0 Å². The molecule has 1 heterocycles. The van der Waals surface area contributed by atoms with Crippen LogP contribution in [-0.2, 0) is 20.9 Å². The Balaban J connectivity index is 2.00. The van der Waals surface area contributed by atoms with Crippen molar-refractivity contribution >= 4 is 23.5 Å². The van der Waals surface area contributed by atoms with E-state index < -0.39 is 11.9 Å². The van der Waals surface area contributed by atoms with Crippen molar-refractivity contribution in [1.29, 1.82) is 0 Å². The average Bonchev–Trinajstić information content (AvgIpc) is 2.71. The highest BCUT2D eigenvalue weighted by atomic mass is 35.5. The first-order valence-electron chi connectivity index (χ1n) is 9.19. The first-order valence-corrected chi connectivity index (χ1v) is 9.57. The highest BCUT2D eigenvalue weighted by molar-refractivity contribution is 6.30. The third-order valence-corrected chi connectivity index (χ3v) is 5.15. The van der Waals surface area contributed by atoms with Crippen molar-refractivity contribution in [1.82, 2.24) is 4.90 Å². The van der Waals surface area contributed by atoms with Gasteiger partial charge < -0.3 is 9.64 Å². The molecule has 0 spiro atoms. The van der Waals surface area contributed by atoms with Gasteiger partial charge in [0.25, 0.3) is 0 Å². The third-order valence-electron chi connectivity index (χ3n) is 4.90. The van der Waals surface area contributed by atoms with Gasteiger partial charge in [-0.1, -0.05) is 48.5 Å². The lowest BCUT2D eigenvalue weighted by molar-refractivity contribution is -0.139. The minimum absolute atomic E-state index is 0.0782. The van der Waals surface area contributed by atoms with E-state index in [0.717, 1.165) is 11.1 Å². The topological polar surface area (TPSA) is 46.6 Å². The summed E-state index contributed by atoms with van der Waals surface area (Å²) in [6, 6.07) is 13.0. The lowest BCUT2D eigenvalue weighted by Gasteiger charge is -2.34. The van der Waals surface area contributed by atoms with Crippen molar-refractivity contribution in [2.75, 3.05) is 6.61 Å². The van der Waals surface area contributed by atoms with E-state index in [2.05, 4.69) is 6.58 Å². The number of hydrogen-bond acceptors (Lipinski definition) is 3. The number of carbonyl (C=O) groups excluding carboxylic acids is 2. The molecule has 0 aliphatic carbocycles. The molecular weight excluding hydrogens is 393 g/mol. The molecule has 29 heavy (non-hydrogen) atoms. The van der Waals surface area contributed by atoms with Crippen LogP contribution in [0, 0.1) is 5.82 Å². The quantitative estimate of drug-likeness (QED) is 0.494. The van der Waals surface area contributed by atoms with Crippen LogP contribution in [0.4, 0.5) is 4.39 Å². The summed E-state index contributed by atoms with van der Waals surface area (Å²) >= 11 is 5.98. The molecule has 0 fully saturated rings. The number of amides is 1. The molecule has 0 N–H and O–H groups in total. The van der Waals surface area contributed by atoms with Gasteiger partial charge in [0.15, 0.2) is 0 Å². The van der Waals surface area contributed by atoms with Gasteiger partial charge >= 0.3 is 5.97 Å². The van der Waals surface area contributed by atoms with Crippen LogP contribution in [0.1, 0.15) is 30.4 Å². The van der Waals surface area contributed by atoms with E-state index in [1.165, 1.54) is 18.2 Å². The molecule has 1 unspecified atom stereocenters. The van der Waals surface area contributed by atoms with Crippen molar-refractivity contribution < 1.29 is 18.7 Å². The van der Waals surface area contributed by atoms with Gasteiger partial charge in [0, 0.05) is 23.1 Å². The van der Waals surface area contributed by atoms with E-state index >= 15 is 0 Å². The molecule has 3 rings (SSSR count). The lowest BCUT2D eigenvalue weighted by atomic mass is 9.83. The van der Waals surface area contributed by atoms with Gasteiger partial charge in [0.2, 0.25) is 5.91 Å². The Kier molecular flexibility index (Phi) is 6.49. The van der Waals surface area contributed by atoms with E-state index in [0.29, 0.717) is 16.3 Å². The maximum Gasteiger partial charge on any atom is 0.336 e. The third kappa shape index (κ3) is 4.74. The molecule has 1 aliphatic rings. The molecule has 4 nitrogen and oxygen atoms in total. The fourth-order valence-electron chi connectivity index (χ4n) is 3.43. The van der Waals surface area contributed by atoms with Crippen molar-refractivity contribution in [2.45, 2.75) is 25.8 Å². The summed E-state index contributed by atoms with van der Waals surface area (Å²) < 4.78 is 18.5. The van der Waals surface area contributed by atoms with E-state index in [9.17, 15) is 14.0 Å². The number of rotatable bonds is 6. The molecule has 0 aromatic heterocycles. The predicted octanol–water partition coefficient (Wildman–Crippen LogP) is 5.00. The largest absolute Gasteiger partial charge is 0.458 e. The second-order valence-electron chi connectivity index (χ2n) is 6.80. The first-order chi connectivity index (χ1) is 13.9. The molecular formula is C23H21ClFNO3. The van der Waals surface area contributed by atoms with Crippen LogP contribution >= 0.6 is 11.6 Å². The molecule has 0 saturated heterocycles. The monoisotopic (exact) mass is 413 g/mol. The van der Waals surface area contributed by atoms with Crippen molar-refractivity contribution in [3.8, 4) is 0 Å². The normalized spacial score (nSPS) is 16.7. The smallest absolute Gasteiger partial charge is 0.336 e. The van der Waals surface area contributed by atoms with E-state index in [4.69, 9.17) is 16.3 Å².